The minimum atomic E-state index is -0.321. The van der Waals surface area contributed by atoms with Crippen molar-refractivity contribution < 1.29 is 4.79 Å². The van der Waals surface area contributed by atoms with Gasteiger partial charge in [-0.25, -0.2) is 0 Å². The number of aliphatic imine (C=N–C) groups is 1. The summed E-state index contributed by atoms with van der Waals surface area (Å²) in [7, 11) is 0. The van der Waals surface area contributed by atoms with Gasteiger partial charge in [0.15, 0.2) is 0 Å². The van der Waals surface area contributed by atoms with Crippen LogP contribution < -0.4 is 10.2 Å². The van der Waals surface area contributed by atoms with Crippen molar-refractivity contribution in [1.29, 1.82) is 0 Å². The van der Waals surface area contributed by atoms with Crippen LogP contribution in [0.5, 0.6) is 0 Å². The minimum absolute atomic E-state index is 0.000916. The first-order valence-electron chi connectivity index (χ1n) is 10.9. The molecule has 1 saturated heterocycles. The summed E-state index contributed by atoms with van der Waals surface area (Å²) in [5, 5.41) is 3.74. The van der Waals surface area contributed by atoms with E-state index in [0.717, 1.165) is 30.9 Å². The predicted octanol–water partition coefficient (Wildman–Crippen LogP) is 4.44. The molecule has 1 aromatic rings. The normalized spacial score (nSPS) is 24.9. The molecule has 160 valence electrons. The molecule has 1 amide bonds. The highest BCUT2D eigenvalue weighted by Gasteiger charge is 2.39. The molecule has 3 aliphatic rings. The Bertz CT molecular complexity index is 877. The molecule has 4 rings (SSSR count). The monoisotopic (exact) mass is 426 g/mol. The molecule has 2 atom stereocenters. The number of piperidine rings is 1. The number of rotatable bonds is 5. The first kappa shape index (κ1) is 21.0. The number of amides is 1. The number of benzene rings is 1. The Kier molecular flexibility index (Phi) is 5.92. The van der Waals surface area contributed by atoms with E-state index in [1.807, 2.05) is 17.2 Å². The average molecular weight is 427 g/mol. The maximum Gasteiger partial charge on any atom is 0.245 e. The lowest BCUT2D eigenvalue weighted by molar-refractivity contribution is -0.124. The molecular formula is C24H31ClN4O. The molecule has 1 aromatic carbocycles. The quantitative estimate of drug-likeness (QED) is 0.757. The Balaban J connectivity index is 1.35. The van der Waals surface area contributed by atoms with Crippen molar-refractivity contribution in [2.45, 2.75) is 58.7 Å². The zero-order valence-corrected chi connectivity index (χ0v) is 18.8. The molecule has 0 saturated carbocycles. The van der Waals surface area contributed by atoms with Gasteiger partial charge < -0.3 is 15.1 Å². The number of halogens is 1. The summed E-state index contributed by atoms with van der Waals surface area (Å²) < 4.78 is 0. The van der Waals surface area contributed by atoms with E-state index in [2.05, 4.69) is 60.2 Å². The summed E-state index contributed by atoms with van der Waals surface area (Å²) >= 11 is 6.09. The van der Waals surface area contributed by atoms with Crippen molar-refractivity contribution in [3.63, 3.8) is 0 Å². The summed E-state index contributed by atoms with van der Waals surface area (Å²) in [6, 6.07) is 8.20. The zero-order valence-electron chi connectivity index (χ0n) is 18.1. The maximum atomic E-state index is 13.0. The summed E-state index contributed by atoms with van der Waals surface area (Å²) in [5.74, 6) is 0.766. The van der Waals surface area contributed by atoms with Crippen molar-refractivity contribution in [2.24, 2.45) is 10.4 Å². The Morgan fingerprint density at radius 3 is 2.60 bits per heavy atom. The number of carbonyl (C=O) groups is 1. The van der Waals surface area contributed by atoms with Crippen LogP contribution in [0.1, 0.15) is 45.6 Å². The van der Waals surface area contributed by atoms with Gasteiger partial charge in [0.1, 0.15) is 11.9 Å². The van der Waals surface area contributed by atoms with Crippen molar-refractivity contribution in [3.05, 3.63) is 53.2 Å². The summed E-state index contributed by atoms with van der Waals surface area (Å²) in [4.78, 5) is 22.0. The van der Waals surface area contributed by atoms with E-state index in [1.54, 1.807) is 6.08 Å². The van der Waals surface area contributed by atoms with Crippen LogP contribution in [0, 0.1) is 5.41 Å². The van der Waals surface area contributed by atoms with E-state index < -0.39 is 0 Å². The third-order valence-electron chi connectivity index (χ3n) is 6.46. The van der Waals surface area contributed by atoms with Gasteiger partial charge in [0.2, 0.25) is 5.91 Å². The third kappa shape index (κ3) is 4.41. The van der Waals surface area contributed by atoms with Crippen LogP contribution in [-0.2, 0) is 11.3 Å². The van der Waals surface area contributed by atoms with Gasteiger partial charge in [-0.3, -0.25) is 9.79 Å². The van der Waals surface area contributed by atoms with Crippen molar-refractivity contribution >= 4 is 29.0 Å². The van der Waals surface area contributed by atoms with Crippen molar-refractivity contribution in [2.75, 3.05) is 18.0 Å². The third-order valence-corrected chi connectivity index (χ3v) is 6.70. The number of carbonyl (C=O) groups excluding carboxylic acids is 1. The fraction of sp³-hybridized carbons (Fsp3) is 0.500. The van der Waals surface area contributed by atoms with Crippen LogP contribution in [0.25, 0.3) is 0 Å². The van der Waals surface area contributed by atoms with Gasteiger partial charge in [0.05, 0.1) is 6.04 Å². The van der Waals surface area contributed by atoms with Gasteiger partial charge in [-0.2, -0.15) is 0 Å². The molecule has 1 N–H and O–H groups in total. The average Bonchev–Trinajstić information content (AvgIpc) is 3.10. The Morgan fingerprint density at radius 1 is 1.23 bits per heavy atom. The molecule has 6 heteroatoms. The van der Waals surface area contributed by atoms with E-state index in [1.165, 1.54) is 18.5 Å². The van der Waals surface area contributed by atoms with Crippen LogP contribution >= 0.6 is 11.6 Å². The van der Waals surface area contributed by atoms with Gasteiger partial charge in [-0.15, -0.1) is 0 Å². The van der Waals surface area contributed by atoms with Crippen LogP contribution in [0.2, 0.25) is 0 Å². The number of hydrogen-bond donors (Lipinski definition) is 1. The first-order valence-corrected chi connectivity index (χ1v) is 11.3. The second-order valence-electron chi connectivity index (χ2n) is 9.20. The van der Waals surface area contributed by atoms with Crippen LogP contribution in [0.15, 0.2) is 52.6 Å². The fourth-order valence-electron chi connectivity index (χ4n) is 4.34. The van der Waals surface area contributed by atoms with Crippen LogP contribution in [-0.4, -0.2) is 41.8 Å². The number of anilines is 1. The smallest absolute Gasteiger partial charge is 0.245 e. The van der Waals surface area contributed by atoms with Crippen molar-refractivity contribution in [3.8, 4) is 0 Å². The molecule has 0 radical (unpaired) electrons. The van der Waals surface area contributed by atoms with E-state index in [4.69, 9.17) is 11.6 Å². The Morgan fingerprint density at radius 2 is 1.93 bits per heavy atom. The van der Waals surface area contributed by atoms with Gasteiger partial charge in [0, 0.05) is 36.6 Å². The highest BCUT2D eigenvalue weighted by molar-refractivity contribution is 6.33. The van der Waals surface area contributed by atoms with Gasteiger partial charge >= 0.3 is 0 Å². The summed E-state index contributed by atoms with van der Waals surface area (Å²) in [6.45, 7) is 9.48. The van der Waals surface area contributed by atoms with Gasteiger partial charge in [0.25, 0.3) is 0 Å². The molecule has 1 fully saturated rings. The molecule has 0 aliphatic carbocycles. The molecule has 2 unspecified atom stereocenters. The van der Waals surface area contributed by atoms with Crippen LogP contribution in [0.3, 0.4) is 0 Å². The lowest BCUT2D eigenvalue weighted by Crippen LogP contribution is -2.48. The standard InChI is InChI=1S/C24H31ClN4O/c1-4-20-22(29-12-9-18(25)15-21(29)27-20)23(30)26-16-17-5-7-19(8-6-17)28-13-10-24(2,3)11-14-28/h5-9,12,15,20,22H,4,10-11,13-14,16H2,1-3H3,(H,26,30). The molecule has 30 heavy (non-hydrogen) atoms. The predicted molar refractivity (Wildman–Crippen MR) is 124 cm³/mol. The molecule has 0 spiro atoms. The highest BCUT2D eigenvalue weighted by Crippen LogP contribution is 2.32. The Hall–Kier alpha value is -2.27. The molecule has 0 bridgehead atoms. The molecule has 5 nitrogen and oxygen atoms in total. The number of fused-ring (bicyclic) bond motifs is 1. The van der Waals surface area contributed by atoms with E-state index in [0.29, 0.717) is 17.0 Å². The van der Waals surface area contributed by atoms with E-state index in [-0.39, 0.29) is 18.0 Å². The number of amidine groups is 1. The first-order chi connectivity index (χ1) is 14.4. The van der Waals surface area contributed by atoms with Crippen molar-refractivity contribution in [1.82, 2.24) is 10.2 Å². The van der Waals surface area contributed by atoms with Gasteiger partial charge in [-0.1, -0.05) is 44.5 Å². The molecule has 0 aromatic heterocycles. The minimum Gasteiger partial charge on any atom is -0.371 e. The second kappa shape index (κ2) is 8.46. The van der Waals surface area contributed by atoms with E-state index >= 15 is 0 Å². The highest BCUT2D eigenvalue weighted by atomic mass is 35.5. The Labute approximate surface area is 184 Å². The molecule has 3 heterocycles. The zero-order chi connectivity index (χ0) is 21.3. The number of hydrogen-bond acceptors (Lipinski definition) is 4. The lowest BCUT2D eigenvalue weighted by Gasteiger charge is -2.38. The number of nitrogens with zero attached hydrogens (tertiary/aromatic N) is 3. The van der Waals surface area contributed by atoms with Gasteiger partial charge in [-0.05, 0) is 54.5 Å². The molecule has 3 aliphatic heterocycles. The van der Waals surface area contributed by atoms with E-state index in [9.17, 15) is 4.79 Å². The topological polar surface area (TPSA) is 47.9 Å². The maximum absolute atomic E-state index is 13.0. The largest absolute Gasteiger partial charge is 0.371 e. The number of nitrogens with one attached hydrogen (secondary N) is 1. The fourth-order valence-corrected chi connectivity index (χ4v) is 4.50. The molecular weight excluding hydrogens is 396 g/mol. The summed E-state index contributed by atoms with van der Waals surface area (Å²) in [6.07, 6.45) is 8.73. The lowest BCUT2D eigenvalue weighted by atomic mass is 9.82. The SMILES string of the molecule is CCC1N=C2C=C(Cl)C=CN2C1C(=O)NCc1ccc(N2CCC(C)(C)CC2)cc1. The summed E-state index contributed by atoms with van der Waals surface area (Å²) in [5.41, 5.74) is 2.82. The number of allylic oxidation sites excluding steroid dienone is 2. The van der Waals surface area contributed by atoms with Crippen LogP contribution in [0.4, 0.5) is 5.69 Å². The second-order valence-corrected chi connectivity index (χ2v) is 9.63.